The molecule has 4 nitrogen and oxygen atoms in total. The van der Waals surface area contributed by atoms with Gasteiger partial charge in [0.05, 0.1) is 12.0 Å². The maximum atomic E-state index is 12.3. The van der Waals surface area contributed by atoms with E-state index in [-0.39, 0.29) is 29.1 Å². The van der Waals surface area contributed by atoms with Crippen molar-refractivity contribution in [3.63, 3.8) is 0 Å². The quantitative estimate of drug-likeness (QED) is 0.843. The molecule has 2 N–H and O–H groups in total. The Bertz CT molecular complexity index is 662. The van der Waals surface area contributed by atoms with E-state index in [1.54, 1.807) is 30.3 Å². The molecular formula is C15H11BrO4. The van der Waals surface area contributed by atoms with Gasteiger partial charge >= 0.3 is 5.97 Å². The second-order valence-electron chi connectivity index (χ2n) is 4.22. The first-order chi connectivity index (χ1) is 9.49. The van der Waals surface area contributed by atoms with Crippen molar-refractivity contribution in [2.75, 3.05) is 0 Å². The van der Waals surface area contributed by atoms with Crippen molar-refractivity contribution in [1.82, 2.24) is 0 Å². The smallest absolute Gasteiger partial charge is 0.307 e. The fourth-order valence-corrected chi connectivity index (χ4v) is 2.10. The van der Waals surface area contributed by atoms with Crippen LogP contribution < -0.4 is 0 Å². The van der Waals surface area contributed by atoms with Crippen LogP contribution in [-0.4, -0.2) is 22.0 Å². The highest BCUT2D eigenvalue weighted by Crippen LogP contribution is 2.26. The van der Waals surface area contributed by atoms with Crippen LogP contribution in [0.4, 0.5) is 0 Å². The van der Waals surface area contributed by atoms with Crippen LogP contribution in [0.3, 0.4) is 0 Å². The Labute approximate surface area is 123 Å². The maximum absolute atomic E-state index is 12.3. The molecule has 0 aliphatic carbocycles. The Hall–Kier alpha value is -2.14. The number of aromatic hydroxyl groups is 1. The summed E-state index contributed by atoms with van der Waals surface area (Å²) < 4.78 is 0.845. The van der Waals surface area contributed by atoms with Crippen LogP contribution in [0.1, 0.15) is 21.5 Å². The topological polar surface area (TPSA) is 74.6 Å². The van der Waals surface area contributed by atoms with Gasteiger partial charge in [-0.15, -0.1) is 0 Å². The van der Waals surface area contributed by atoms with Gasteiger partial charge in [0.1, 0.15) is 5.75 Å². The molecule has 2 aromatic carbocycles. The highest BCUT2D eigenvalue weighted by Gasteiger charge is 2.17. The van der Waals surface area contributed by atoms with Crippen LogP contribution in [-0.2, 0) is 11.2 Å². The number of carbonyl (C=O) groups is 2. The van der Waals surface area contributed by atoms with Gasteiger partial charge in [-0.3, -0.25) is 9.59 Å². The van der Waals surface area contributed by atoms with Crippen LogP contribution in [0.25, 0.3) is 0 Å². The Morgan fingerprint density at radius 1 is 1.05 bits per heavy atom. The van der Waals surface area contributed by atoms with Gasteiger partial charge in [0.2, 0.25) is 0 Å². The molecule has 0 atom stereocenters. The number of benzene rings is 2. The zero-order valence-electron chi connectivity index (χ0n) is 10.3. The summed E-state index contributed by atoms with van der Waals surface area (Å²) in [6.07, 6.45) is -0.326. The number of carbonyl (C=O) groups excluding carboxylic acids is 1. The number of ketones is 1. The first-order valence-corrected chi connectivity index (χ1v) is 6.61. The molecular weight excluding hydrogens is 324 g/mol. The summed E-state index contributed by atoms with van der Waals surface area (Å²) in [4.78, 5) is 23.0. The van der Waals surface area contributed by atoms with Gasteiger partial charge < -0.3 is 10.2 Å². The third-order valence-corrected chi connectivity index (χ3v) is 3.34. The molecule has 0 heterocycles. The van der Waals surface area contributed by atoms with E-state index in [1.165, 1.54) is 12.1 Å². The number of phenols is 1. The molecule has 2 aromatic rings. The second kappa shape index (κ2) is 5.88. The highest BCUT2D eigenvalue weighted by molar-refractivity contribution is 9.10. The molecule has 0 aliphatic heterocycles. The lowest BCUT2D eigenvalue weighted by Gasteiger charge is -2.08. The standard InChI is InChI=1S/C15H11BrO4/c16-11-6-4-9(5-7-11)14(19)12-3-1-2-10(15(12)20)8-13(17)18/h1-7,20H,8H2,(H,17,18). The number of hydrogen-bond donors (Lipinski definition) is 2. The first kappa shape index (κ1) is 14.3. The number of carboxylic acid groups (broad SMARTS) is 1. The number of phenolic OH excluding ortho intramolecular Hbond substituents is 1. The van der Waals surface area contributed by atoms with Crippen molar-refractivity contribution >= 4 is 27.7 Å². The summed E-state index contributed by atoms with van der Waals surface area (Å²) in [5.74, 6) is -1.68. The van der Waals surface area contributed by atoms with E-state index >= 15 is 0 Å². The largest absolute Gasteiger partial charge is 0.507 e. The fraction of sp³-hybridized carbons (Fsp3) is 0.0667. The average Bonchev–Trinajstić information content (AvgIpc) is 2.41. The third-order valence-electron chi connectivity index (χ3n) is 2.81. The Morgan fingerprint density at radius 2 is 1.70 bits per heavy atom. The molecule has 0 amide bonds. The Morgan fingerprint density at radius 3 is 2.30 bits per heavy atom. The van der Waals surface area contributed by atoms with Gasteiger partial charge in [0.15, 0.2) is 5.78 Å². The molecule has 102 valence electrons. The van der Waals surface area contributed by atoms with E-state index in [9.17, 15) is 14.7 Å². The third kappa shape index (κ3) is 3.05. The summed E-state index contributed by atoms with van der Waals surface area (Å²) >= 11 is 3.28. The second-order valence-corrected chi connectivity index (χ2v) is 5.14. The predicted molar refractivity (Wildman–Crippen MR) is 77.0 cm³/mol. The van der Waals surface area contributed by atoms with Crippen LogP contribution >= 0.6 is 15.9 Å². The van der Waals surface area contributed by atoms with Gasteiger partial charge in [-0.1, -0.05) is 28.1 Å². The van der Waals surface area contributed by atoms with E-state index < -0.39 is 5.97 Å². The number of carboxylic acids is 1. The molecule has 0 radical (unpaired) electrons. The summed E-state index contributed by atoms with van der Waals surface area (Å²) in [7, 11) is 0. The molecule has 0 bridgehead atoms. The van der Waals surface area contributed by atoms with Crippen molar-refractivity contribution in [2.24, 2.45) is 0 Å². The predicted octanol–water partition coefficient (Wildman–Crippen LogP) is 3.01. The Kier molecular flexibility index (Phi) is 4.20. The summed E-state index contributed by atoms with van der Waals surface area (Å²) in [5.41, 5.74) is 0.752. The molecule has 0 unspecified atom stereocenters. The van der Waals surface area contributed by atoms with Crippen LogP contribution in [0.5, 0.6) is 5.75 Å². The maximum Gasteiger partial charge on any atom is 0.307 e. The summed E-state index contributed by atoms with van der Waals surface area (Å²) in [5, 5.41) is 18.8. The normalized spacial score (nSPS) is 10.2. The van der Waals surface area contributed by atoms with Crippen molar-refractivity contribution in [3.8, 4) is 5.75 Å². The average molecular weight is 335 g/mol. The Balaban J connectivity index is 2.39. The lowest BCUT2D eigenvalue weighted by atomic mass is 9.99. The van der Waals surface area contributed by atoms with Crippen molar-refractivity contribution in [2.45, 2.75) is 6.42 Å². The monoisotopic (exact) mass is 334 g/mol. The minimum Gasteiger partial charge on any atom is -0.507 e. The molecule has 0 saturated carbocycles. The molecule has 0 fully saturated rings. The zero-order valence-corrected chi connectivity index (χ0v) is 11.9. The van der Waals surface area contributed by atoms with Crippen LogP contribution in [0.15, 0.2) is 46.9 Å². The van der Waals surface area contributed by atoms with E-state index in [1.807, 2.05) is 0 Å². The van der Waals surface area contributed by atoms with Crippen molar-refractivity contribution in [1.29, 1.82) is 0 Å². The van der Waals surface area contributed by atoms with Gasteiger partial charge in [-0.2, -0.15) is 0 Å². The molecule has 0 aromatic heterocycles. The van der Waals surface area contributed by atoms with Crippen molar-refractivity contribution in [3.05, 3.63) is 63.6 Å². The van der Waals surface area contributed by atoms with Crippen LogP contribution in [0.2, 0.25) is 0 Å². The number of hydrogen-bond acceptors (Lipinski definition) is 3. The zero-order chi connectivity index (χ0) is 14.7. The lowest BCUT2D eigenvalue weighted by Crippen LogP contribution is -2.05. The number of halogens is 1. The summed E-state index contributed by atoms with van der Waals surface area (Å²) in [6, 6.07) is 11.2. The SMILES string of the molecule is O=C(O)Cc1cccc(C(=O)c2ccc(Br)cc2)c1O. The van der Waals surface area contributed by atoms with Crippen molar-refractivity contribution < 1.29 is 19.8 Å². The van der Waals surface area contributed by atoms with E-state index in [0.29, 0.717) is 5.56 Å². The minimum absolute atomic E-state index is 0.103. The number of aliphatic carboxylic acids is 1. The highest BCUT2D eigenvalue weighted by atomic mass is 79.9. The molecule has 0 saturated heterocycles. The number of para-hydroxylation sites is 1. The van der Waals surface area contributed by atoms with Gasteiger partial charge in [0.25, 0.3) is 0 Å². The molecule has 0 aliphatic rings. The van der Waals surface area contributed by atoms with E-state index in [0.717, 1.165) is 4.47 Å². The summed E-state index contributed by atoms with van der Waals surface area (Å²) in [6.45, 7) is 0. The molecule has 0 spiro atoms. The minimum atomic E-state index is -1.06. The van der Waals surface area contributed by atoms with Gasteiger partial charge in [-0.05, 0) is 30.3 Å². The lowest BCUT2D eigenvalue weighted by molar-refractivity contribution is -0.136. The molecule has 20 heavy (non-hydrogen) atoms. The van der Waals surface area contributed by atoms with E-state index in [4.69, 9.17) is 5.11 Å². The first-order valence-electron chi connectivity index (χ1n) is 5.82. The van der Waals surface area contributed by atoms with Gasteiger partial charge in [-0.25, -0.2) is 0 Å². The number of rotatable bonds is 4. The molecule has 2 rings (SSSR count). The molecule has 5 heteroatoms. The van der Waals surface area contributed by atoms with Crippen LogP contribution in [0, 0.1) is 0 Å². The van der Waals surface area contributed by atoms with Gasteiger partial charge in [0, 0.05) is 15.6 Å². The fourth-order valence-electron chi connectivity index (χ4n) is 1.84. The van der Waals surface area contributed by atoms with E-state index in [2.05, 4.69) is 15.9 Å².